The molecule has 1 fully saturated rings. The molecule has 0 atom stereocenters. The molecule has 0 spiro atoms. The summed E-state index contributed by atoms with van der Waals surface area (Å²) in [6.07, 6.45) is 0.514. The smallest absolute Gasteiger partial charge is 0.407 e. The number of aliphatic hydroxyl groups is 1. The molecule has 2 heterocycles. The van der Waals surface area contributed by atoms with Crippen LogP contribution in [0.15, 0.2) is 18.2 Å². The molecule has 1 saturated heterocycles. The minimum absolute atomic E-state index is 0.0653. The van der Waals surface area contributed by atoms with E-state index >= 15 is 0 Å². The van der Waals surface area contributed by atoms with E-state index in [0.717, 1.165) is 11.1 Å². The number of carbonyl (C=O) groups is 1. The van der Waals surface area contributed by atoms with Gasteiger partial charge in [0.25, 0.3) is 0 Å². The summed E-state index contributed by atoms with van der Waals surface area (Å²) in [6, 6.07) is 4.54. The predicted molar refractivity (Wildman–Crippen MR) is 78.3 cm³/mol. The highest BCUT2D eigenvalue weighted by Crippen LogP contribution is 2.32. The molecule has 0 unspecified atom stereocenters. The number of hydrogen-bond donors (Lipinski definition) is 2. The lowest BCUT2D eigenvalue weighted by Gasteiger charge is -2.29. The first-order valence-electron chi connectivity index (χ1n) is 7.35. The van der Waals surface area contributed by atoms with Crippen LogP contribution in [0, 0.1) is 5.82 Å². The Kier molecular flexibility index (Phi) is 3.98. The second kappa shape index (κ2) is 5.92. The average molecular weight is 307 g/mol. The molecule has 0 saturated carbocycles. The maximum absolute atomic E-state index is 13.5. The van der Waals surface area contributed by atoms with E-state index in [1.54, 1.807) is 10.7 Å². The van der Waals surface area contributed by atoms with Gasteiger partial charge in [-0.15, -0.1) is 0 Å². The number of carboxylic acid groups (broad SMARTS) is 1. The van der Waals surface area contributed by atoms with Crippen molar-refractivity contribution in [2.24, 2.45) is 0 Å². The molecule has 22 heavy (non-hydrogen) atoms. The standard InChI is InChI=1S/C15H18FN3O3/c16-11-1-2-12-13(9-11)19(7-8-20)17-14(12)10-3-5-18(6-4-10)15(21)22/h1-2,9-10,20H,3-8H2,(H,21,22). The molecular weight excluding hydrogens is 289 g/mol. The van der Waals surface area contributed by atoms with Crippen molar-refractivity contribution in [1.82, 2.24) is 14.7 Å². The van der Waals surface area contributed by atoms with E-state index in [0.29, 0.717) is 38.0 Å². The molecule has 1 aliphatic heterocycles. The molecule has 1 aromatic heterocycles. The maximum Gasteiger partial charge on any atom is 0.407 e. The van der Waals surface area contributed by atoms with Crippen LogP contribution >= 0.6 is 0 Å². The van der Waals surface area contributed by atoms with Crippen molar-refractivity contribution in [2.45, 2.75) is 25.3 Å². The van der Waals surface area contributed by atoms with Crippen LogP contribution in [-0.4, -0.2) is 50.7 Å². The molecule has 118 valence electrons. The first-order valence-corrected chi connectivity index (χ1v) is 7.35. The van der Waals surface area contributed by atoms with Crippen molar-refractivity contribution >= 4 is 17.0 Å². The quantitative estimate of drug-likeness (QED) is 0.909. The predicted octanol–water partition coefficient (Wildman–Crippen LogP) is 2.03. The number of hydrogen-bond acceptors (Lipinski definition) is 3. The molecule has 1 aromatic carbocycles. The molecule has 7 heteroatoms. The Morgan fingerprint density at radius 1 is 1.36 bits per heavy atom. The molecule has 2 N–H and O–H groups in total. The molecule has 3 rings (SSSR count). The minimum Gasteiger partial charge on any atom is -0.465 e. The first-order chi connectivity index (χ1) is 10.6. The Balaban J connectivity index is 1.92. The van der Waals surface area contributed by atoms with E-state index in [4.69, 9.17) is 10.2 Å². The Hall–Kier alpha value is -2.15. The summed E-state index contributed by atoms with van der Waals surface area (Å²) in [6.45, 7) is 1.21. The maximum atomic E-state index is 13.5. The SMILES string of the molecule is O=C(O)N1CCC(c2nn(CCO)c3cc(F)ccc23)CC1. The number of aliphatic hydroxyl groups excluding tert-OH is 1. The summed E-state index contributed by atoms with van der Waals surface area (Å²) < 4.78 is 15.1. The number of fused-ring (bicyclic) bond motifs is 1. The van der Waals surface area contributed by atoms with Crippen molar-refractivity contribution in [1.29, 1.82) is 0 Å². The second-order valence-electron chi connectivity index (χ2n) is 5.54. The van der Waals surface area contributed by atoms with Gasteiger partial charge in [-0.05, 0) is 31.0 Å². The van der Waals surface area contributed by atoms with Gasteiger partial charge in [0, 0.05) is 24.4 Å². The number of halogens is 1. The van der Waals surface area contributed by atoms with Crippen molar-refractivity contribution in [3.8, 4) is 0 Å². The largest absolute Gasteiger partial charge is 0.465 e. The van der Waals surface area contributed by atoms with Crippen molar-refractivity contribution in [3.63, 3.8) is 0 Å². The fourth-order valence-corrected chi connectivity index (χ4v) is 3.08. The van der Waals surface area contributed by atoms with E-state index in [-0.39, 0.29) is 18.3 Å². The zero-order valence-electron chi connectivity index (χ0n) is 12.1. The zero-order chi connectivity index (χ0) is 15.7. The highest BCUT2D eigenvalue weighted by Gasteiger charge is 2.27. The molecule has 2 aromatic rings. The Morgan fingerprint density at radius 3 is 2.73 bits per heavy atom. The highest BCUT2D eigenvalue weighted by atomic mass is 19.1. The van der Waals surface area contributed by atoms with Gasteiger partial charge in [-0.3, -0.25) is 4.68 Å². The van der Waals surface area contributed by atoms with Gasteiger partial charge in [-0.25, -0.2) is 9.18 Å². The molecule has 0 radical (unpaired) electrons. The molecular formula is C15H18FN3O3. The normalized spacial score (nSPS) is 16.4. The van der Waals surface area contributed by atoms with Crippen LogP contribution in [0.5, 0.6) is 0 Å². The lowest BCUT2D eigenvalue weighted by atomic mass is 9.92. The van der Waals surface area contributed by atoms with Crippen molar-refractivity contribution in [3.05, 3.63) is 29.7 Å². The van der Waals surface area contributed by atoms with Gasteiger partial charge in [0.05, 0.1) is 24.4 Å². The van der Waals surface area contributed by atoms with E-state index in [2.05, 4.69) is 5.10 Å². The molecule has 0 aliphatic carbocycles. The van der Waals surface area contributed by atoms with Gasteiger partial charge < -0.3 is 15.1 Å². The van der Waals surface area contributed by atoms with Gasteiger partial charge in [0.2, 0.25) is 0 Å². The van der Waals surface area contributed by atoms with Crippen LogP contribution in [0.3, 0.4) is 0 Å². The Morgan fingerprint density at radius 2 is 2.09 bits per heavy atom. The third-order valence-corrected chi connectivity index (χ3v) is 4.21. The van der Waals surface area contributed by atoms with Crippen LogP contribution in [0.2, 0.25) is 0 Å². The number of likely N-dealkylation sites (tertiary alicyclic amines) is 1. The molecule has 1 aliphatic rings. The van der Waals surface area contributed by atoms with Crippen LogP contribution in [0.25, 0.3) is 10.9 Å². The van der Waals surface area contributed by atoms with Gasteiger partial charge in [0.15, 0.2) is 0 Å². The highest BCUT2D eigenvalue weighted by molar-refractivity contribution is 5.82. The Labute approximate surface area is 126 Å². The third kappa shape index (κ3) is 2.64. The van der Waals surface area contributed by atoms with E-state index < -0.39 is 6.09 Å². The first kappa shape index (κ1) is 14.8. The molecule has 0 bridgehead atoms. The number of rotatable bonds is 3. The fourth-order valence-electron chi connectivity index (χ4n) is 3.08. The molecule has 1 amide bonds. The number of amides is 1. The summed E-state index contributed by atoms with van der Waals surface area (Å²) in [5, 5.41) is 23.6. The zero-order valence-corrected chi connectivity index (χ0v) is 12.1. The Bertz CT molecular complexity index is 693. The minimum atomic E-state index is -0.892. The van der Waals surface area contributed by atoms with Crippen LogP contribution < -0.4 is 0 Å². The average Bonchev–Trinajstić information content (AvgIpc) is 2.86. The van der Waals surface area contributed by atoms with Crippen LogP contribution in [-0.2, 0) is 6.54 Å². The lowest BCUT2D eigenvalue weighted by Crippen LogP contribution is -2.36. The third-order valence-electron chi connectivity index (χ3n) is 4.21. The van der Waals surface area contributed by atoms with Gasteiger partial charge >= 0.3 is 6.09 Å². The summed E-state index contributed by atoms with van der Waals surface area (Å²) >= 11 is 0. The van der Waals surface area contributed by atoms with Crippen molar-refractivity contribution < 1.29 is 19.4 Å². The number of aromatic nitrogens is 2. The van der Waals surface area contributed by atoms with E-state index in [1.165, 1.54) is 17.0 Å². The summed E-state index contributed by atoms with van der Waals surface area (Å²) in [5.41, 5.74) is 1.54. The van der Waals surface area contributed by atoms with Gasteiger partial charge in [-0.1, -0.05) is 0 Å². The van der Waals surface area contributed by atoms with Gasteiger partial charge in [0.1, 0.15) is 5.82 Å². The summed E-state index contributed by atoms with van der Waals surface area (Å²) in [5.74, 6) is -0.178. The van der Waals surface area contributed by atoms with Crippen LogP contribution in [0.4, 0.5) is 9.18 Å². The second-order valence-corrected chi connectivity index (χ2v) is 5.54. The number of nitrogens with zero attached hydrogens (tertiary/aromatic N) is 3. The van der Waals surface area contributed by atoms with Crippen LogP contribution in [0.1, 0.15) is 24.5 Å². The fraction of sp³-hybridized carbons (Fsp3) is 0.467. The van der Waals surface area contributed by atoms with Crippen molar-refractivity contribution in [2.75, 3.05) is 19.7 Å². The number of benzene rings is 1. The molecule has 6 nitrogen and oxygen atoms in total. The summed E-state index contributed by atoms with van der Waals surface area (Å²) in [7, 11) is 0. The number of piperidine rings is 1. The summed E-state index contributed by atoms with van der Waals surface area (Å²) in [4.78, 5) is 12.4. The monoisotopic (exact) mass is 307 g/mol. The van der Waals surface area contributed by atoms with Gasteiger partial charge in [-0.2, -0.15) is 5.10 Å². The van der Waals surface area contributed by atoms with E-state index in [1.807, 2.05) is 0 Å². The topological polar surface area (TPSA) is 78.6 Å². The van der Waals surface area contributed by atoms with E-state index in [9.17, 15) is 9.18 Å². The lowest BCUT2D eigenvalue weighted by molar-refractivity contribution is 0.131.